The molecule has 1 atom stereocenters. The first-order valence-corrected chi connectivity index (χ1v) is 12.3. The van der Waals surface area contributed by atoms with Crippen LogP contribution in [0.1, 0.15) is 51.0 Å². The van der Waals surface area contributed by atoms with Gasteiger partial charge in [0, 0.05) is 44.7 Å². The number of benzene rings is 1. The van der Waals surface area contributed by atoms with Gasteiger partial charge in [-0.05, 0) is 43.9 Å². The van der Waals surface area contributed by atoms with E-state index in [1.54, 1.807) is 7.05 Å². The Morgan fingerprint density at radius 2 is 1.83 bits per heavy atom. The highest BCUT2D eigenvalue weighted by atomic mass is 127. The van der Waals surface area contributed by atoms with Crippen LogP contribution in [0.3, 0.4) is 0 Å². The molecule has 29 heavy (non-hydrogen) atoms. The first-order valence-electron chi connectivity index (χ1n) is 10.2. The Bertz CT molecular complexity index is 732. The van der Waals surface area contributed by atoms with Gasteiger partial charge in [0.25, 0.3) is 0 Å². The fourth-order valence-electron chi connectivity index (χ4n) is 3.60. The number of halogens is 1. The van der Waals surface area contributed by atoms with E-state index in [4.69, 9.17) is 0 Å². The lowest BCUT2D eigenvalue weighted by atomic mass is 9.94. The average molecular weight is 537 g/mol. The lowest BCUT2D eigenvalue weighted by Crippen LogP contribution is -2.42. The van der Waals surface area contributed by atoms with Gasteiger partial charge in [-0.3, -0.25) is 4.99 Å². The summed E-state index contributed by atoms with van der Waals surface area (Å²) in [5, 5.41) is 6.55. The van der Waals surface area contributed by atoms with Crippen LogP contribution in [0.2, 0.25) is 0 Å². The average Bonchev–Trinajstić information content (AvgIpc) is 2.69. The fourth-order valence-corrected chi connectivity index (χ4v) is 4.39. The number of nitrogens with one attached hydrogen (secondary N) is 2. The molecule has 0 heterocycles. The largest absolute Gasteiger partial charge is 0.372 e. The molecule has 1 aromatic rings. The van der Waals surface area contributed by atoms with E-state index in [-0.39, 0.29) is 35.8 Å². The molecule has 0 aliphatic heterocycles. The Morgan fingerprint density at radius 3 is 2.38 bits per heavy atom. The van der Waals surface area contributed by atoms with Crippen LogP contribution in [0.4, 0.5) is 5.69 Å². The van der Waals surface area contributed by atoms with Gasteiger partial charge in [0.1, 0.15) is 9.84 Å². The molecule has 2 N–H and O–H groups in total. The van der Waals surface area contributed by atoms with Gasteiger partial charge in [0.05, 0.1) is 5.75 Å². The summed E-state index contributed by atoms with van der Waals surface area (Å²) in [6, 6.07) is 9.39. The molecule has 1 saturated carbocycles. The molecule has 0 spiro atoms. The summed E-state index contributed by atoms with van der Waals surface area (Å²) >= 11 is 0. The van der Waals surface area contributed by atoms with Crippen LogP contribution in [0.5, 0.6) is 0 Å². The fraction of sp³-hybridized carbons (Fsp3) is 0.667. The maximum Gasteiger partial charge on any atom is 0.191 e. The van der Waals surface area contributed by atoms with Crippen molar-refractivity contribution in [1.29, 1.82) is 0 Å². The second-order valence-corrected chi connectivity index (χ2v) is 10.2. The molecular formula is C21H37IN4O2S. The van der Waals surface area contributed by atoms with E-state index in [1.807, 2.05) is 6.92 Å². The van der Waals surface area contributed by atoms with E-state index < -0.39 is 9.84 Å². The number of hydrogen-bond acceptors (Lipinski definition) is 4. The van der Waals surface area contributed by atoms with E-state index >= 15 is 0 Å². The van der Waals surface area contributed by atoms with E-state index in [2.05, 4.69) is 51.8 Å². The molecule has 166 valence electrons. The molecule has 1 aromatic carbocycles. The minimum atomic E-state index is -2.94. The van der Waals surface area contributed by atoms with Crippen LogP contribution in [0.15, 0.2) is 29.3 Å². The van der Waals surface area contributed by atoms with E-state index in [0.29, 0.717) is 25.0 Å². The van der Waals surface area contributed by atoms with Crippen molar-refractivity contribution in [2.45, 2.75) is 64.1 Å². The minimum Gasteiger partial charge on any atom is -0.372 e. The quantitative estimate of drug-likeness (QED) is 0.302. The van der Waals surface area contributed by atoms with Gasteiger partial charge in [-0.15, -0.1) is 24.0 Å². The zero-order valence-corrected chi connectivity index (χ0v) is 21.3. The van der Waals surface area contributed by atoms with Gasteiger partial charge in [0.15, 0.2) is 5.96 Å². The van der Waals surface area contributed by atoms with Crippen LogP contribution in [0, 0.1) is 0 Å². The number of sulfone groups is 1. The lowest BCUT2D eigenvalue weighted by Gasteiger charge is -2.33. The molecular weight excluding hydrogens is 499 g/mol. The molecule has 1 unspecified atom stereocenters. The van der Waals surface area contributed by atoms with Gasteiger partial charge >= 0.3 is 0 Å². The molecule has 8 heteroatoms. The highest BCUT2D eigenvalue weighted by Crippen LogP contribution is 2.26. The molecule has 0 radical (unpaired) electrons. The third-order valence-electron chi connectivity index (χ3n) is 5.45. The molecule has 0 aromatic heterocycles. The lowest BCUT2D eigenvalue weighted by molar-refractivity contribution is 0.427. The molecule has 0 bridgehead atoms. The molecule has 1 fully saturated rings. The number of aliphatic imine (C=N–C) groups is 1. The van der Waals surface area contributed by atoms with E-state index in [0.717, 1.165) is 0 Å². The van der Waals surface area contributed by atoms with Crippen molar-refractivity contribution in [3.8, 4) is 0 Å². The van der Waals surface area contributed by atoms with E-state index in [9.17, 15) is 8.42 Å². The maximum absolute atomic E-state index is 11.3. The van der Waals surface area contributed by atoms with Gasteiger partial charge in [-0.25, -0.2) is 8.42 Å². The number of nitrogens with zero attached hydrogens (tertiary/aromatic N) is 2. The van der Waals surface area contributed by atoms with Crippen molar-refractivity contribution in [3.63, 3.8) is 0 Å². The SMILES string of the molecule is CN=C(NCc1ccc(N(C)C2CCCCC2)cc1)NC(C)CCS(C)(=O)=O.I. The smallest absolute Gasteiger partial charge is 0.191 e. The Labute approximate surface area is 193 Å². The summed E-state index contributed by atoms with van der Waals surface area (Å²) in [5.74, 6) is 0.859. The van der Waals surface area contributed by atoms with Crippen LogP contribution < -0.4 is 15.5 Å². The molecule has 1 aliphatic carbocycles. The van der Waals surface area contributed by atoms with Crippen molar-refractivity contribution < 1.29 is 8.42 Å². The summed E-state index contributed by atoms with van der Waals surface area (Å²) in [4.78, 5) is 6.65. The summed E-state index contributed by atoms with van der Waals surface area (Å²) in [6.07, 6.45) is 8.46. The van der Waals surface area contributed by atoms with Crippen LogP contribution >= 0.6 is 24.0 Å². The first kappa shape index (κ1) is 26.0. The molecule has 0 saturated heterocycles. The van der Waals surface area contributed by atoms with Gasteiger partial charge in [-0.1, -0.05) is 31.4 Å². The predicted molar refractivity (Wildman–Crippen MR) is 134 cm³/mol. The molecule has 1 aliphatic rings. The zero-order valence-electron chi connectivity index (χ0n) is 18.1. The minimum absolute atomic E-state index is 0. The van der Waals surface area contributed by atoms with Crippen molar-refractivity contribution in [2.24, 2.45) is 4.99 Å². The van der Waals surface area contributed by atoms with Crippen molar-refractivity contribution in [3.05, 3.63) is 29.8 Å². The monoisotopic (exact) mass is 536 g/mol. The van der Waals surface area contributed by atoms with Crippen molar-refractivity contribution in [1.82, 2.24) is 10.6 Å². The van der Waals surface area contributed by atoms with Gasteiger partial charge < -0.3 is 15.5 Å². The maximum atomic E-state index is 11.3. The number of guanidine groups is 1. The van der Waals surface area contributed by atoms with Crippen LogP contribution in [-0.4, -0.2) is 52.6 Å². The Hall–Kier alpha value is -1.03. The van der Waals surface area contributed by atoms with Gasteiger partial charge in [0.2, 0.25) is 0 Å². The summed E-state index contributed by atoms with van der Waals surface area (Å²) in [5.41, 5.74) is 2.46. The van der Waals surface area contributed by atoms with Crippen molar-refractivity contribution >= 4 is 45.5 Å². The van der Waals surface area contributed by atoms with E-state index in [1.165, 1.54) is 49.6 Å². The standard InChI is InChI=1S/C21H36N4O2S.HI/c1-17(14-15-28(4,26)27)24-21(22-2)23-16-18-10-12-20(13-11-18)25(3)19-8-6-5-7-9-19;/h10-13,17,19H,5-9,14-16H2,1-4H3,(H2,22,23,24);1H. The third-order valence-corrected chi connectivity index (χ3v) is 6.43. The second kappa shape index (κ2) is 12.6. The Kier molecular flexibility index (Phi) is 11.3. The summed E-state index contributed by atoms with van der Waals surface area (Å²) in [6.45, 7) is 2.64. The summed E-state index contributed by atoms with van der Waals surface area (Å²) < 4.78 is 22.6. The highest BCUT2D eigenvalue weighted by Gasteiger charge is 2.18. The third kappa shape index (κ3) is 9.55. The highest BCUT2D eigenvalue weighted by molar-refractivity contribution is 14.0. The number of anilines is 1. The Morgan fingerprint density at radius 1 is 1.21 bits per heavy atom. The number of rotatable bonds is 8. The van der Waals surface area contributed by atoms with Crippen LogP contribution in [0.25, 0.3) is 0 Å². The topological polar surface area (TPSA) is 73.8 Å². The normalized spacial score (nSPS) is 16.6. The zero-order chi connectivity index (χ0) is 20.6. The molecule has 0 amide bonds. The predicted octanol–water partition coefficient (Wildman–Crippen LogP) is 3.56. The Balaban J connectivity index is 0.00000420. The molecule has 2 rings (SSSR count). The molecule has 6 nitrogen and oxygen atoms in total. The van der Waals surface area contributed by atoms with Crippen LogP contribution in [-0.2, 0) is 16.4 Å². The second-order valence-electron chi connectivity index (χ2n) is 7.96. The first-order chi connectivity index (χ1) is 13.3. The van der Waals surface area contributed by atoms with Gasteiger partial charge in [-0.2, -0.15) is 0 Å². The number of hydrogen-bond donors (Lipinski definition) is 2. The summed E-state index contributed by atoms with van der Waals surface area (Å²) in [7, 11) is 0.984. The van der Waals surface area contributed by atoms with Crippen molar-refractivity contribution in [2.75, 3.05) is 31.0 Å².